The zero-order valence-corrected chi connectivity index (χ0v) is 12.0. The van der Waals surface area contributed by atoms with Crippen molar-refractivity contribution < 1.29 is 5.11 Å². The number of rotatable bonds is 5. The molecule has 0 aromatic heterocycles. The van der Waals surface area contributed by atoms with Gasteiger partial charge in [-0.1, -0.05) is 31.5 Å². The minimum Gasteiger partial charge on any atom is -0.508 e. The third kappa shape index (κ3) is 2.69. The fourth-order valence-electron chi connectivity index (χ4n) is 2.61. The molecule has 2 rings (SSSR count). The van der Waals surface area contributed by atoms with Gasteiger partial charge in [0.05, 0.1) is 0 Å². The van der Waals surface area contributed by atoms with Gasteiger partial charge < -0.3 is 10.4 Å². The van der Waals surface area contributed by atoms with Crippen LogP contribution in [0, 0.1) is 18.3 Å². The van der Waals surface area contributed by atoms with E-state index in [9.17, 15) is 5.11 Å². The predicted octanol–water partition coefficient (Wildman–Crippen LogP) is 3.79. The van der Waals surface area contributed by atoms with Crippen molar-refractivity contribution in [1.82, 2.24) is 5.32 Å². The van der Waals surface area contributed by atoms with Crippen molar-refractivity contribution >= 4 is 0 Å². The van der Waals surface area contributed by atoms with E-state index in [-0.39, 0.29) is 6.04 Å². The zero-order chi connectivity index (χ0) is 13.3. The number of aryl methyl sites for hydroxylation is 1. The lowest BCUT2D eigenvalue weighted by Gasteiger charge is -2.24. The van der Waals surface area contributed by atoms with E-state index < -0.39 is 0 Å². The van der Waals surface area contributed by atoms with Crippen molar-refractivity contribution in [2.24, 2.45) is 11.3 Å². The van der Waals surface area contributed by atoms with Crippen LogP contribution in [0.2, 0.25) is 0 Å². The summed E-state index contributed by atoms with van der Waals surface area (Å²) >= 11 is 0. The predicted molar refractivity (Wildman–Crippen MR) is 75.8 cm³/mol. The van der Waals surface area contributed by atoms with Crippen molar-refractivity contribution in [3.63, 3.8) is 0 Å². The van der Waals surface area contributed by atoms with Crippen molar-refractivity contribution in [3.05, 3.63) is 29.3 Å². The second-order valence-electron chi connectivity index (χ2n) is 6.18. The fraction of sp³-hybridized carbons (Fsp3) is 0.625. The highest BCUT2D eigenvalue weighted by molar-refractivity contribution is 5.37. The Balaban J connectivity index is 2.00. The van der Waals surface area contributed by atoms with Gasteiger partial charge in [-0.05, 0) is 44.1 Å². The molecule has 1 atom stereocenters. The van der Waals surface area contributed by atoms with E-state index in [2.05, 4.69) is 39.1 Å². The summed E-state index contributed by atoms with van der Waals surface area (Å²) in [6.07, 6.45) is 2.67. The summed E-state index contributed by atoms with van der Waals surface area (Å²) in [6.45, 7) is 9.86. The van der Waals surface area contributed by atoms with Crippen LogP contribution in [-0.4, -0.2) is 11.7 Å². The van der Waals surface area contributed by atoms with Gasteiger partial charge in [0.15, 0.2) is 0 Å². The van der Waals surface area contributed by atoms with E-state index >= 15 is 0 Å². The van der Waals surface area contributed by atoms with Crippen molar-refractivity contribution in [3.8, 4) is 5.75 Å². The van der Waals surface area contributed by atoms with Crippen LogP contribution in [0.3, 0.4) is 0 Å². The molecule has 1 aliphatic carbocycles. The molecule has 0 spiro atoms. The van der Waals surface area contributed by atoms with Gasteiger partial charge in [-0.3, -0.25) is 0 Å². The van der Waals surface area contributed by atoms with E-state index in [0.717, 1.165) is 18.0 Å². The average Bonchev–Trinajstić information content (AvgIpc) is 3.10. The van der Waals surface area contributed by atoms with Gasteiger partial charge >= 0.3 is 0 Å². The normalized spacial score (nSPS) is 18.9. The summed E-state index contributed by atoms with van der Waals surface area (Å²) < 4.78 is 0. The van der Waals surface area contributed by atoms with E-state index in [4.69, 9.17) is 0 Å². The SMILES string of the molecule is Cc1ccc(O)c(C(C)NCC2(C(C)C)CC2)c1. The van der Waals surface area contributed by atoms with Crippen LogP contribution >= 0.6 is 0 Å². The summed E-state index contributed by atoms with van der Waals surface area (Å²) in [5, 5.41) is 13.5. The molecule has 1 aromatic rings. The minimum atomic E-state index is 0.209. The number of aromatic hydroxyl groups is 1. The lowest BCUT2D eigenvalue weighted by atomic mass is 9.92. The Morgan fingerprint density at radius 1 is 1.28 bits per heavy atom. The number of hydrogen-bond donors (Lipinski definition) is 2. The Bertz CT molecular complexity index is 421. The zero-order valence-electron chi connectivity index (χ0n) is 12.0. The Kier molecular flexibility index (Phi) is 3.67. The van der Waals surface area contributed by atoms with E-state index in [0.29, 0.717) is 11.2 Å². The lowest BCUT2D eigenvalue weighted by Crippen LogP contribution is -2.29. The quantitative estimate of drug-likeness (QED) is 0.829. The molecule has 2 nitrogen and oxygen atoms in total. The summed E-state index contributed by atoms with van der Waals surface area (Å²) in [5.41, 5.74) is 2.71. The molecule has 0 radical (unpaired) electrons. The first-order valence-corrected chi connectivity index (χ1v) is 6.97. The van der Waals surface area contributed by atoms with Gasteiger partial charge in [-0.2, -0.15) is 0 Å². The number of benzene rings is 1. The van der Waals surface area contributed by atoms with E-state index in [1.165, 1.54) is 18.4 Å². The Morgan fingerprint density at radius 3 is 2.50 bits per heavy atom. The molecule has 2 heteroatoms. The molecular formula is C16H25NO. The standard InChI is InChI=1S/C16H25NO/c1-11(2)16(7-8-16)10-17-13(4)14-9-12(3)5-6-15(14)18/h5-6,9,11,13,17-18H,7-8,10H2,1-4H3. The molecule has 2 N–H and O–H groups in total. The summed E-state index contributed by atoms with van der Waals surface area (Å²) in [5.74, 6) is 1.14. The van der Waals surface area contributed by atoms with Crippen LogP contribution in [0.15, 0.2) is 18.2 Å². The molecule has 0 saturated heterocycles. The van der Waals surface area contributed by atoms with Crippen LogP contribution in [0.25, 0.3) is 0 Å². The number of hydrogen-bond acceptors (Lipinski definition) is 2. The maximum Gasteiger partial charge on any atom is 0.120 e. The highest BCUT2D eigenvalue weighted by Crippen LogP contribution is 2.51. The first kappa shape index (κ1) is 13.4. The highest BCUT2D eigenvalue weighted by atomic mass is 16.3. The van der Waals surface area contributed by atoms with Gasteiger partial charge in [0.25, 0.3) is 0 Å². The van der Waals surface area contributed by atoms with Crippen LogP contribution in [-0.2, 0) is 0 Å². The molecule has 1 fully saturated rings. The second kappa shape index (κ2) is 4.93. The maximum absolute atomic E-state index is 9.92. The Hall–Kier alpha value is -1.02. The molecule has 1 aliphatic rings. The minimum absolute atomic E-state index is 0.209. The van der Waals surface area contributed by atoms with Crippen molar-refractivity contribution in [2.75, 3.05) is 6.54 Å². The van der Waals surface area contributed by atoms with E-state index in [1.807, 2.05) is 6.07 Å². The van der Waals surface area contributed by atoms with Gasteiger partial charge in [0.1, 0.15) is 5.75 Å². The lowest BCUT2D eigenvalue weighted by molar-refractivity contribution is 0.323. The largest absolute Gasteiger partial charge is 0.508 e. The smallest absolute Gasteiger partial charge is 0.120 e. The van der Waals surface area contributed by atoms with Crippen LogP contribution < -0.4 is 5.32 Å². The number of nitrogens with one attached hydrogen (secondary N) is 1. The molecule has 0 bridgehead atoms. The highest BCUT2D eigenvalue weighted by Gasteiger charge is 2.44. The summed E-state index contributed by atoms with van der Waals surface area (Å²) in [6, 6.07) is 6.02. The second-order valence-corrected chi connectivity index (χ2v) is 6.18. The number of phenols is 1. The molecule has 1 aromatic carbocycles. The van der Waals surface area contributed by atoms with Crippen LogP contribution in [0.4, 0.5) is 0 Å². The number of phenolic OH excluding ortho intramolecular Hbond substituents is 1. The van der Waals surface area contributed by atoms with Gasteiger partial charge in [0, 0.05) is 18.2 Å². The maximum atomic E-state index is 9.92. The summed E-state index contributed by atoms with van der Waals surface area (Å²) in [7, 11) is 0. The molecule has 0 aliphatic heterocycles. The Morgan fingerprint density at radius 2 is 1.94 bits per heavy atom. The molecule has 18 heavy (non-hydrogen) atoms. The van der Waals surface area contributed by atoms with E-state index in [1.54, 1.807) is 6.07 Å². The first-order valence-electron chi connectivity index (χ1n) is 6.97. The van der Waals surface area contributed by atoms with Crippen LogP contribution in [0.1, 0.15) is 50.8 Å². The first-order chi connectivity index (χ1) is 8.44. The van der Waals surface area contributed by atoms with Crippen molar-refractivity contribution in [2.45, 2.75) is 46.6 Å². The average molecular weight is 247 g/mol. The summed E-state index contributed by atoms with van der Waals surface area (Å²) in [4.78, 5) is 0. The molecule has 100 valence electrons. The fourth-order valence-corrected chi connectivity index (χ4v) is 2.61. The molecule has 0 amide bonds. The third-order valence-corrected chi connectivity index (χ3v) is 4.53. The molecule has 1 saturated carbocycles. The van der Waals surface area contributed by atoms with Crippen LogP contribution in [0.5, 0.6) is 5.75 Å². The topological polar surface area (TPSA) is 32.3 Å². The molecule has 0 heterocycles. The van der Waals surface area contributed by atoms with Gasteiger partial charge in [-0.15, -0.1) is 0 Å². The molecule has 1 unspecified atom stereocenters. The van der Waals surface area contributed by atoms with Gasteiger partial charge in [0.2, 0.25) is 0 Å². The van der Waals surface area contributed by atoms with Gasteiger partial charge in [-0.25, -0.2) is 0 Å². The Labute approximate surface area is 110 Å². The third-order valence-electron chi connectivity index (χ3n) is 4.53. The molecular weight excluding hydrogens is 222 g/mol. The van der Waals surface area contributed by atoms with Crippen molar-refractivity contribution in [1.29, 1.82) is 0 Å². The monoisotopic (exact) mass is 247 g/mol.